The van der Waals surface area contributed by atoms with E-state index in [-0.39, 0.29) is 6.04 Å². The average molecular weight is 289 g/mol. The van der Waals surface area contributed by atoms with Crippen molar-refractivity contribution in [2.45, 2.75) is 19.9 Å². The first-order chi connectivity index (χ1) is 9.65. The van der Waals surface area contributed by atoms with Crippen LogP contribution in [0.15, 0.2) is 36.5 Å². The third-order valence-electron chi connectivity index (χ3n) is 3.61. The Morgan fingerprint density at radius 1 is 1.35 bits per heavy atom. The fraction of sp³-hybridized carbons (Fsp3) is 0.312. The van der Waals surface area contributed by atoms with Crippen LogP contribution in [-0.2, 0) is 0 Å². The Hall–Kier alpha value is -1.74. The van der Waals surface area contributed by atoms with Gasteiger partial charge >= 0.3 is 0 Å². The lowest BCUT2D eigenvalue weighted by Crippen LogP contribution is -2.29. The molecule has 1 aromatic carbocycles. The fourth-order valence-electron chi connectivity index (χ4n) is 2.53. The maximum Gasteiger partial charge on any atom is 0.152 e. The standard InChI is InChI=1S/C16H17ClN2O/c1-10-7-13(16(17)18-8-10)19-15-11(2)9-20-14-6-4-3-5-12(14)15/h3-8,11,15,19H,9H2,1-2H3. The third-order valence-corrected chi connectivity index (χ3v) is 3.91. The second kappa shape index (κ2) is 5.33. The van der Waals surface area contributed by atoms with Crippen molar-refractivity contribution in [2.24, 2.45) is 5.92 Å². The van der Waals surface area contributed by atoms with Crippen LogP contribution in [0.4, 0.5) is 5.69 Å². The Bertz CT molecular complexity index is 630. The molecule has 2 atom stereocenters. The number of hydrogen-bond donors (Lipinski definition) is 1. The molecule has 0 saturated heterocycles. The Balaban J connectivity index is 1.95. The van der Waals surface area contributed by atoms with Crippen LogP contribution >= 0.6 is 11.6 Å². The fourth-order valence-corrected chi connectivity index (χ4v) is 2.69. The van der Waals surface area contributed by atoms with Crippen molar-refractivity contribution in [2.75, 3.05) is 11.9 Å². The van der Waals surface area contributed by atoms with Crippen LogP contribution in [0.3, 0.4) is 0 Å². The number of halogens is 1. The first-order valence-electron chi connectivity index (χ1n) is 6.75. The van der Waals surface area contributed by atoms with Crippen molar-refractivity contribution in [3.8, 4) is 5.75 Å². The summed E-state index contributed by atoms with van der Waals surface area (Å²) in [6, 6.07) is 10.3. The first kappa shape index (κ1) is 13.3. The van der Waals surface area contributed by atoms with Gasteiger partial charge in [0, 0.05) is 17.7 Å². The summed E-state index contributed by atoms with van der Waals surface area (Å²) >= 11 is 6.19. The number of rotatable bonds is 2. The highest BCUT2D eigenvalue weighted by atomic mass is 35.5. The van der Waals surface area contributed by atoms with E-state index in [9.17, 15) is 0 Å². The van der Waals surface area contributed by atoms with E-state index in [0.717, 1.165) is 17.0 Å². The monoisotopic (exact) mass is 288 g/mol. The summed E-state index contributed by atoms with van der Waals surface area (Å²) in [5.41, 5.74) is 3.13. The van der Waals surface area contributed by atoms with E-state index in [1.54, 1.807) is 6.20 Å². The Kier molecular flexibility index (Phi) is 3.53. The normalized spacial score (nSPS) is 20.9. The molecule has 1 aliphatic rings. The minimum absolute atomic E-state index is 0.182. The van der Waals surface area contributed by atoms with Crippen molar-refractivity contribution < 1.29 is 4.74 Å². The largest absolute Gasteiger partial charge is 0.493 e. The molecule has 2 aromatic rings. The lowest BCUT2D eigenvalue weighted by atomic mass is 9.92. The van der Waals surface area contributed by atoms with Gasteiger partial charge in [-0.2, -0.15) is 0 Å². The smallest absolute Gasteiger partial charge is 0.152 e. The van der Waals surface area contributed by atoms with Crippen molar-refractivity contribution in [1.82, 2.24) is 4.98 Å². The van der Waals surface area contributed by atoms with Crippen LogP contribution in [0.25, 0.3) is 0 Å². The van der Waals surface area contributed by atoms with E-state index >= 15 is 0 Å². The lowest BCUT2D eigenvalue weighted by molar-refractivity contribution is 0.214. The van der Waals surface area contributed by atoms with E-state index in [0.29, 0.717) is 17.7 Å². The Labute approximate surface area is 123 Å². The second-order valence-corrected chi connectivity index (χ2v) is 5.66. The molecule has 20 heavy (non-hydrogen) atoms. The molecule has 0 aliphatic carbocycles. The molecule has 0 fully saturated rings. The Morgan fingerprint density at radius 2 is 2.15 bits per heavy atom. The number of benzene rings is 1. The number of para-hydroxylation sites is 1. The second-order valence-electron chi connectivity index (χ2n) is 5.30. The number of nitrogens with zero attached hydrogens (tertiary/aromatic N) is 1. The zero-order valence-corrected chi connectivity index (χ0v) is 12.3. The summed E-state index contributed by atoms with van der Waals surface area (Å²) in [5, 5.41) is 4.03. The van der Waals surface area contributed by atoms with Crippen LogP contribution in [-0.4, -0.2) is 11.6 Å². The number of nitrogens with one attached hydrogen (secondary N) is 1. The van der Waals surface area contributed by atoms with Crippen LogP contribution in [0.2, 0.25) is 5.15 Å². The number of aryl methyl sites for hydroxylation is 1. The molecule has 0 bridgehead atoms. The third kappa shape index (κ3) is 2.46. The predicted molar refractivity (Wildman–Crippen MR) is 81.4 cm³/mol. The molecule has 4 heteroatoms. The number of pyridine rings is 1. The summed E-state index contributed by atoms with van der Waals surface area (Å²) in [4.78, 5) is 4.20. The van der Waals surface area contributed by atoms with Gasteiger partial charge < -0.3 is 10.1 Å². The van der Waals surface area contributed by atoms with Gasteiger partial charge in [0.15, 0.2) is 5.15 Å². The number of fused-ring (bicyclic) bond motifs is 1. The molecule has 104 valence electrons. The molecule has 0 spiro atoms. The topological polar surface area (TPSA) is 34.2 Å². The van der Waals surface area contributed by atoms with Gasteiger partial charge in [-0.15, -0.1) is 0 Å². The van der Waals surface area contributed by atoms with Crippen LogP contribution in [0, 0.1) is 12.8 Å². The SMILES string of the molecule is Cc1cnc(Cl)c(NC2c3ccccc3OCC2C)c1. The van der Waals surface area contributed by atoms with Gasteiger partial charge in [0.25, 0.3) is 0 Å². The maximum absolute atomic E-state index is 6.19. The number of anilines is 1. The summed E-state index contributed by atoms with van der Waals surface area (Å²) in [6.07, 6.45) is 1.77. The summed E-state index contributed by atoms with van der Waals surface area (Å²) in [5.74, 6) is 1.31. The number of hydrogen-bond acceptors (Lipinski definition) is 3. The van der Waals surface area contributed by atoms with Gasteiger partial charge in [-0.3, -0.25) is 0 Å². The molecular formula is C16H17ClN2O. The molecule has 0 amide bonds. The van der Waals surface area contributed by atoms with Crippen molar-refractivity contribution in [3.05, 3.63) is 52.8 Å². The van der Waals surface area contributed by atoms with E-state index < -0.39 is 0 Å². The minimum atomic E-state index is 0.182. The quantitative estimate of drug-likeness (QED) is 0.840. The highest BCUT2D eigenvalue weighted by molar-refractivity contribution is 6.32. The molecule has 2 unspecified atom stereocenters. The van der Waals surface area contributed by atoms with E-state index in [1.165, 1.54) is 5.56 Å². The maximum atomic E-state index is 6.19. The summed E-state index contributed by atoms with van der Waals surface area (Å²) in [7, 11) is 0. The first-order valence-corrected chi connectivity index (χ1v) is 7.13. The van der Waals surface area contributed by atoms with Crippen molar-refractivity contribution in [3.63, 3.8) is 0 Å². The zero-order chi connectivity index (χ0) is 14.1. The molecule has 1 N–H and O–H groups in total. The predicted octanol–water partition coefficient (Wildman–Crippen LogP) is 4.23. The van der Waals surface area contributed by atoms with Crippen LogP contribution in [0.1, 0.15) is 24.1 Å². The van der Waals surface area contributed by atoms with Gasteiger partial charge in [0.2, 0.25) is 0 Å². The zero-order valence-electron chi connectivity index (χ0n) is 11.6. The van der Waals surface area contributed by atoms with Gasteiger partial charge in [-0.25, -0.2) is 4.98 Å². The Morgan fingerprint density at radius 3 is 3.00 bits per heavy atom. The highest BCUT2D eigenvalue weighted by Crippen LogP contribution is 2.38. The van der Waals surface area contributed by atoms with Gasteiger partial charge in [-0.05, 0) is 24.6 Å². The van der Waals surface area contributed by atoms with Gasteiger partial charge in [-0.1, -0.05) is 36.7 Å². The van der Waals surface area contributed by atoms with Crippen molar-refractivity contribution >= 4 is 17.3 Å². The molecule has 0 saturated carbocycles. The molecule has 1 aliphatic heterocycles. The molecular weight excluding hydrogens is 272 g/mol. The van der Waals surface area contributed by atoms with Gasteiger partial charge in [0.05, 0.1) is 18.3 Å². The summed E-state index contributed by atoms with van der Waals surface area (Å²) < 4.78 is 5.77. The highest BCUT2D eigenvalue weighted by Gasteiger charge is 2.28. The van der Waals surface area contributed by atoms with Crippen LogP contribution < -0.4 is 10.1 Å². The molecule has 0 radical (unpaired) electrons. The number of ether oxygens (including phenoxy) is 1. The van der Waals surface area contributed by atoms with Crippen LogP contribution in [0.5, 0.6) is 5.75 Å². The average Bonchev–Trinajstić information content (AvgIpc) is 2.46. The number of aromatic nitrogens is 1. The lowest BCUT2D eigenvalue weighted by Gasteiger charge is -2.33. The molecule has 3 rings (SSSR count). The van der Waals surface area contributed by atoms with E-state index in [2.05, 4.69) is 23.3 Å². The van der Waals surface area contributed by atoms with E-state index in [1.807, 2.05) is 31.2 Å². The molecule has 2 heterocycles. The molecule has 3 nitrogen and oxygen atoms in total. The molecule has 1 aromatic heterocycles. The van der Waals surface area contributed by atoms with Crippen molar-refractivity contribution in [1.29, 1.82) is 0 Å². The van der Waals surface area contributed by atoms with E-state index in [4.69, 9.17) is 16.3 Å². The van der Waals surface area contributed by atoms with Gasteiger partial charge in [0.1, 0.15) is 5.75 Å². The summed E-state index contributed by atoms with van der Waals surface area (Å²) in [6.45, 7) is 4.88. The minimum Gasteiger partial charge on any atom is -0.493 e.